The summed E-state index contributed by atoms with van der Waals surface area (Å²) in [4.78, 5) is 2.53. The fourth-order valence-electron chi connectivity index (χ4n) is 2.43. The summed E-state index contributed by atoms with van der Waals surface area (Å²) in [6.45, 7) is 6.79. The normalized spacial score (nSPS) is 17.1. The van der Waals surface area contributed by atoms with Crippen molar-refractivity contribution in [3.8, 4) is 0 Å². The Bertz CT molecular complexity index is 362. The molecule has 1 aliphatic heterocycles. The predicted octanol–water partition coefficient (Wildman–Crippen LogP) is 3.31. The van der Waals surface area contributed by atoms with Gasteiger partial charge in [-0.25, -0.2) is 0 Å². The minimum atomic E-state index is 0.663. The second-order valence-corrected chi connectivity index (χ2v) is 5.33. The summed E-state index contributed by atoms with van der Waals surface area (Å²) in [5.41, 5.74) is 4.35. The standard InChI is InChI=1S/C14H21NS/c1-11-5-6-14-13(8-11)4-3-7-15(14)9-12(2)10-16/h5-6,8,12,16H,3-4,7,9-10H2,1-2H3. The van der Waals surface area contributed by atoms with E-state index in [0.29, 0.717) is 5.92 Å². The zero-order valence-corrected chi connectivity index (χ0v) is 11.1. The third kappa shape index (κ3) is 2.54. The van der Waals surface area contributed by atoms with Crippen LogP contribution in [0.15, 0.2) is 18.2 Å². The second kappa shape index (κ2) is 5.13. The number of benzene rings is 1. The van der Waals surface area contributed by atoms with E-state index in [-0.39, 0.29) is 0 Å². The molecule has 1 aromatic rings. The van der Waals surface area contributed by atoms with Crippen molar-refractivity contribution >= 4 is 18.3 Å². The van der Waals surface area contributed by atoms with Crippen LogP contribution in [0.2, 0.25) is 0 Å². The molecule has 1 heterocycles. The van der Waals surface area contributed by atoms with Crippen LogP contribution in [-0.4, -0.2) is 18.8 Å². The molecular weight excluding hydrogens is 214 g/mol. The minimum Gasteiger partial charge on any atom is -0.371 e. The fraction of sp³-hybridized carbons (Fsp3) is 0.571. The quantitative estimate of drug-likeness (QED) is 0.787. The third-order valence-corrected chi connectivity index (χ3v) is 3.92. The van der Waals surface area contributed by atoms with Gasteiger partial charge in [0, 0.05) is 18.8 Å². The van der Waals surface area contributed by atoms with Crippen LogP contribution < -0.4 is 4.90 Å². The zero-order chi connectivity index (χ0) is 11.5. The molecule has 88 valence electrons. The molecule has 2 rings (SSSR count). The number of nitrogens with zero attached hydrogens (tertiary/aromatic N) is 1. The molecule has 0 bridgehead atoms. The first-order valence-corrected chi connectivity index (χ1v) is 6.79. The van der Waals surface area contributed by atoms with Gasteiger partial charge in [0.15, 0.2) is 0 Å². The average molecular weight is 235 g/mol. The molecule has 1 unspecified atom stereocenters. The van der Waals surface area contributed by atoms with Crippen LogP contribution in [0.1, 0.15) is 24.5 Å². The number of anilines is 1. The van der Waals surface area contributed by atoms with Crippen molar-refractivity contribution in [1.82, 2.24) is 0 Å². The van der Waals surface area contributed by atoms with Crippen molar-refractivity contribution in [2.75, 3.05) is 23.7 Å². The van der Waals surface area contributed by atoms with E-state index < -0.39 is 0 Å². The molecule has 1 atom stereocenters. The van der Waals surface area contributed by atoms with Gasteiger partial charge in [0.2, 0.25) is 0 Å². The Morgan fingerprint density at radius 1 is 1.44 bits per heavy atom. The van der Waals surface area contributed by atoms with Crippen molar-refractivity contribution in [2.45, 2.75) is 26.7 Å². The molecule has 0 fully saturated rings. The molecule has 1 aliphatic rings. The maximum Gasteiger partial charge on any atom is 0.0399 e. The SMILES string of the molecule is Cc1ccc2c(c1)CCCN2CC(C)CS. The number of hydrogen-bond acceptors (Lipinski definition) is 2. The first kappa shape index (κ1) is 11.8. The molecule has 0 radical (unpaired) electrons. The van der Waals surface area contributed by atoms with Crippen molar-refractivity contribution in [1.29, 1.82) is 0 Å². The maximum atomic E-state index is 4.37. The zero-order valence-electron chi connectivity index (χ0n) is 10.2. The lowest BCUT2D eigenvalue weighted by Crippen LogP contribution is -2.33. The third-order valence-electron chi connectivity index (χ3n) is 3.29. The molecule has 0 aliphatic carbocycles. The number of rotatable bonds is 3. The second-order valence-electron chi connectivity index (χ2n) is 4.97. The lowest BCUT2D eigenvalue weighted by molar-refractivity contribution is 0.592. The summed E-state index contributed by atoms with van der Waals surface area (Å²) >= 11 is 4.37. The molecule has 0 amide bonds. The Hall–Kier alpha value is -0.630. The van der Waals surface area contributed by atoms with Crippen molar-refractivity contribution in [3.05, 3.63) is 29.3 Å². The highest BCUT2D eigenvalue weighted by Gasteiger charge is 2.17. The lowest BCUT2D eigenvalue weighted by atomic mass is 9.99. The van der Waals surface area contributed by atoms with E-state index in [1.165, 1.54) is 36.2 Å². The molecule has 0 N–H and O–H groups in total. The molecule has 1 nitrogen and oxygen atoms in total. The van der Waals surface area contributed by atoms with Crippen LogP contribution in [0, 0.1) is 12.8 Å². The van der Waals surface area contributed by atoms with Crippen LogP contribution in [0.25, 0.3) is 0 Å². The summed E-state index contributed by atoms with van der Waals surface area (Å²) in [5, 5.41) is 0. The number of hydrogen-bond donors (Lipinski definition) is 1. The maximum absolute atomic E-state index is 4.37. The summed E-state index contributed by atoms with van der Waals surface area (Å²) in [6, 6.07) is 6.85. The molecule has 1 aromatic carbocycles. The molecular formula is C14H21NS. The summed E-state index contributed by atoms with van der Waals surface area (Å²) in [7, 11) is 0. The van der Waals surface area contributed by atoms with Crippen molar-refractivity contribution in [3.63, 3.8) is 0 Å². The van der Waals surface area contributed by atoms with Gasteiger partial charge in [0.05, 0.1) is 0 Å². The first-order chi connectivity index (χ1) is 7.70. The van der Waals surface area contributed by atoms with E-state index in [1.807, 2.05) is 0 Å². The summed E-state index contributed by atoms with van der Waals surface area (Å²) in [5.74, 6) is 1.63. The van der Waals surface area contributed by atoms with E-state index in [1.54, 1.807) is 0 Å². The van der Waals surface area contributed by atoms with Crippen LogP contribution in [0.5, 0.6) is 0 Å². The van der Waals surface area contributed by atoms with E-state index in [9.17, 15) is 0 Å². The van der Waals surface area contributed by atoms with Gasteiger partial charge in [0.25, 0.3) is 0 Å². The van der Waals surface area contributed by atoms with Crippen LogP contribution in [0.4, 0.5) is 5.69 Å². The topological polar surface area (TPSA) is 3.24 Å². The monoisotopic (exact) mass is 235 g/mol. The van der Waals surface area contributed by atoms with Gasteiger partial charge >= 0.3 is 0 Å². The Kier molecular flexibility index (Phi) is 3.80. The largest absolute Gasteiger partial charge is 0.371 e. The Morgan fingerprint density at radius 3 is 3.00 bits per heavy atom. The number of thiol groups is 1. The van der Waals surface area contributed by atoms with Crippen LogP contribution in [-0.2, 0) is 6.42 Å². The summed E-state index contributed by atoms with van der Waals surface area (Å²) in [6.07, 6.45) is 2.53. The van der Waals surface area contributed by atoms with Crippen LogP contribution >= 0.6 is 12.6 Å². The number of aryl methyl sites for hydroxylation is 2. The minimum absolute atomic E-state index is 0.663. The van der Waals surface area contributed by atoms with Gasteiger partial charge in [-0.2, -0.15) is 12.6 Å². The molecule has 16 heavy (non-hydrogen) atoms. The van der Waals surface area contributed by atoms with E-state index >= 15 is 0 Å². The Labute approximate surface area is 104 Å². The van der Waals surface area contributed by atoms with Crippen molar-refractivity contribution in [2.24, 2.45) is 5.92 Å². The van der Waals surface area contributed by atoms with Crippen LogP contribution in [0.3, 0.4) is 0 Å². The van der Waals surface area contributed by atoms with Crippen molar-refractivity contribution < 1.29 is 0 Å². The highest BCUT2D eigenvalue weighted by Crippen LogP contribution is 2.28. The average Bonchev–Trinajstić information content (AvgIpc) is 2.28. The Morgan fingerprint density at radius 2 is 2.25 bits per heavy atom. The summed E-state index contributed by atoms with van der Waals surface area (Å²) < 4.78 is 0. The first-order valence-electron chi connectivity index (χ1n) is 6.16. The highest BCUT2D eigenvalue weighted by atomic mass is 32.1. The van der Waals surface area contributed by atoms with Gasteiger partial charge in [0.1, 0.15) is 0 Å². The van der Waals surface area contributed by atoms with Gasteiger partial charge in [-0.1, -0.05) is 24.6 Å². The molecule has 2 heteroatoms. The molecule has 0 aromatic heterocycles. The lowest BCUT2D eigenvalue weighted by Gasteiger charge is -2.33. The van der Waals surface area contributed by atoms with Gasteiger partial charge < -0.3 is 4.90 Å². The highest BCUT2D eigenvalue weighted by molar-refractivity contribution is 7.80. The van der Waals surface area contributed by atoms with Gasteiger partial charge in [-0.3, -0.25) is 0 Å². The molecule has 0 saturated heterocycles. The smallest absolute Gasteiger partial charge is 0.0399 e. The van der Waals surface area contributed by atoms with E-state index in [2.05, 4.69) is 49.6 Å². The Balaban J connectivity index is 2.19. The molecule has 0 saturated carbocycles. The van der Waals surface area contributed by atoms with Gasteiger partial charge in [-0.15, -0.1) is 0 Å². The fourth-order valence-corrected chi connectivity index (χ4v) is 2.54. The number of fused-ring (bicyclic) bond motifs is 1. The predicted molar refractivity (Wildman–Crippen MR) is 74.7 cm³/mol. The van der Waals surface area contributed by atoms with E-state index in [4.69, 9.17) is 0 Å². The van der Waals surface area contributed by atoms with E-state index in [0.717, 1.165) is 12.3 Å². The molecule has 0 spiro atoms. The van der Waals surface area contributed by atoms with Gasteiger partial charge in [-0.05, 0) is 43.1 Å².